The van der Waals surface area contributed by atoms with Gasteiger partial charge >= 0.3 is 5.92 Å². The number of hydrogen-bond acceptors (Lipinski definition) is 6. The lowest BCUT2D eigenvalue weighted by Crippen LogP contribution is -2.39. The van der Waals surface area contributed by atoms with Crippen LogP contribution in [0.5, 0.6) is 11.6 Å². The van der Waals surface area contributed by atoms with Gasteiger partial charge < -0.3 is 14.4 Å². The first kappa shape index (κ1) is 18.6. The molecule has 0 atom stereocenters. The summed E-state index contributed by atoms with van der Waals surface area (Å²) in [7, 11) is 1.56. The van der Waals surface area contributed by atoms with Gasteiger partial charge in [0.2, 0.25) is 11.7 Å². The summed E-state index contributed by atoms with van der Waals surface area (Å²) in [6.45, 7) is 3.20. The first-order chi connectivity index (χ1) is 13.4. The van der Waals surface area contributed by atoms with Gasteiger partial charge in [0, 0.05) is 37.6 Å². The number of carbonyl (C=O) groups is 1. The second kappa shape index (κ2) is 7.00. The number of ether oxygens (including phenoxy) is 2. The Morgan fingerprint density at radius 1 is 1.25 bits per heavy atom. The lowest BCUT2D eigenvalue weighted by atomic mass is 10.1. The number of pyridine rings is 2. The van der Waals surface area contributed by atoms with Crippen LogP contribution in [-0.4, -0.2) is 48.0 Å². The van der Waals surface area contributed by atoms with E-state index < -0.39 is 18.1 Å². The molecule has 2 aromatic heterocycles. The van der Waals surface area contributed by atoms with E-state index in [9.17, 15) is 13.6 Å². The van der Waals surface area contributed by atoms with Crippen LogP contribution >= 0.6 is 0 Å². The zero-order valence-electron chi connectivity index (χ0n) is 15.7. The molecule has 0 spiro atoms. The third kappa shape index (κ3) is 3.39. The number of fused-ring (bicyclic) bond motifs is 1. The highest BCUT2D eigenvalue weighted by atomic mass is 19.3. The van der Waals surface area contributed by atoms with Gasteiger partial charge in [0.15, 0.2) is 0 Å². The first-order valence-electron chi connectivity index (χ1n) is 9.22. The zero-order chi connectivity index (χ0) is 19.9. The number of Topliss-reactive ketones (excluding diaryl/α,β-unsaturated/α-hetero) is 1. The fraction of sp³-hybridized carbons (Fsp3) is 0.450. The molecule has 148 valence electrons. The van der Waals surface area contributed by atoms with Crippen molar-refractivity contribution in [2.75, 3.05) is 25.1 Å². The number of methoxy groups -OCH3 is 1. The molecule has 0 aromatic carbocycles. The Kier molecular flexibility index (Phi) is 4.64. The van der Waals surface area contributed by atoms with Crippen LogP contribution in [0.25, 0.3) is 0 Å². The number of aryl methyl sites for hydroxylation is 1. The van der Waals surface area contributed by atoms with Gasteiger partial charge in [-0.2, -0.15) is 8.78 Å². The number of aromatic nitrogens is 2. The molecule has 28 heavy (non-hydrogen) atoms. The zero-order valence-corrected chi connectivity index (χ0v) is 15.7. The Balaban J connectivity index is 1.42. The van der Waals surface area contributed by atoms with Gasteiger partial charge in [0.25, 0.3) is 0 Å². The standard InChI is InChI=1S/C20H21F2N3O3/c1-12-9-15-16(10-20(21,22)18(15)26)24-19(12)25-7-5-13(6-8-25)28-14-3-4-17(27-2)23-11-14/h3-4,9,11,13H,5-8,10H2,1-2H3. The molecule has 0 bridgehead atoms. The van der Waals surface area contributed by atoms with Crippen molar-refractivity contribution >= 4 is 11.6 Å². The molecular weight excluding hydrogens is 368 g/mol. The van der Waals surface area contributed by atoms with Crippen molar-refractivity contribution in [2.24, 2.45) is 0 Å². The third-order valence-corrected chi connectivity index (χ3v) is 5.19. The van der Waals surface area contributed by atoms with Crippen LogP contribution in [0.3, 0.4) is 0 Å². The van der Waals surface area contributed by atoms with Gasteiger partial charge in [-0.15, -0.1) is 0 Å². The molecule has 4 rings (SSSR count). The number of rotatable bonds is 4. The number of anilines is 1. The van der Waals surface area contributed by atoms with E-state index in [0.29, 0.717) is 30.5 Å². The normalized spacial score (nSPS) is 18.9. The molecular formula is C20H21F2N3O3. The van der Waals surface area contributed by atoms with E-state index in [1.165, 1.54) is 0 Å². The Bertz CT molecular complexity index is 894. The average Bonchev–Trinajstić information content (AvgIpc) is 2.91. The lowest BCUT2D eigenvalue weighted by molar-refractivity contribution is 0.0165. The number of alkyl halides is 2. The smallest absolute Gasteiger partial charge is 0.315 e. The van der Waals surface area contributed by atoms with Crippen molar-refractivity contribution in [1.82, 2.24) is 9.97 Å². The molecule has 0 radical (unpaired) electrons. The molecule has 0 saturated carbocycles. The molecule has 8 heteroatoms. The minimum absolute atomic E-state index is 0.0482. The van der Waals surface area contributed by atoms with Gasteiger partial charge in [-0.3, -0.25) is 4.79 Å². The van der Waals surface area contributed by atoms with E-state index in [-0.39, 0.29) is 17.4 Å². The van der Waals surface area contributed by atoms with Crippen LogP contribution in [0.15, 0.2) is 24.4 Å². The molecule has 0 unspecified atom stereocenters. The largest absolute Gasteiger partial charge is 0.489 e. The highest BCUT2D eigenvalue weighted by Gasteiger charge is 2.48. The van der Waals surface area contributed by atoms with Gasteiger partial charge in [0.1, 0.15) is 17.7 Å². The van der Waals surface area contributed by atoms with Crippen molar-refractivity contribution in [3.05, 3.63) is 41.2 Å². The highest BCUT2D eigenvalue weighted by molar-refractivity contribution is 6.05. The summed E-state index contributed by atoms with van der Waals surface area (Å²) in [6.07, 6.45) is 2.62. The molecule has 1 aliphatic heterocycles. The number of piperidine rings is 1. The van der Waals surface area contributed by atoms with Crippen LogP contribution < -0.4 is 14.4 Å². The Morgan fingerprint density at radius 2 is 2.00 bits per heavy atom. The topological polar surface area (TPSA) is 64.6 Å². The van der Waals surface area contributed by atoms with Crippen molar-refractivity contribution in [3.8, 4) is 11.6 Å². The molecule has 1 aliphatic carbocycles. The van der Waals surface area contributed by atoms with Crippen molar-refractivity contribution in [2.45, 2.75) is 38.2 Å². The van der Waals surface area contributed by atoms with Crippen molar-refractivity contribution in [1.29, 1.82) is 0 Å². The fourth-order valence-electron chi connectivity index (χ4n) is 3.71. The van der Waals surface area contributed by atoms with Gasteiger partial charge in [-0.1, -0.05) is 0 Å². The SMILES string of the molecule is COc1ccc(OC2CCN(c3nc4c(cc3C)C(=O)C(F)(F)C4)CC2)cn1. The van der Waals surface area contributed by atoms with Crippen molar-refractivity contribution < 1.29 is 23.0 Å². The van der Waals surface area contributed by atoms with E-state index in [4.69, 9.17) is 9.47 Å². The molecule has 2 aromatic rings. The lowest BCUT2D eigenvalue weighted by Gasteiger charge is -2.33. The summed E-state index contributed by atoms with van der Waals surface area (Å²) in [6, 6.07) is 5.12. The monoisotopic (exact) mass is 389 g/mol. The summed E-state index contributed by atoms with van der Waals surface area (Å²) in [5, 5.41) is 0. The van der Waals surface area contributed by atoms with E-state index in [2.05, 4.69) is 14.9 Å². The number of ketones is 1. The predicted octanol–water partition coefficient (Wildman–Crippen LogP) is 3.22. The van der Waals surface area contributed by atoms with Crippen LogP contribution in [0.4, 0.5) is 14.6 Å². The van der Waals surface area contributed by atoms with Crippen LogP contribution in [0.2, 0.25) is 0 Å². The second-order valence-electron chi connectivity index (χ2n) is 7.17. The molecule has 0 amide bonds. The van der Waals surface area contributed by atoms with Crippen LogP contribution in [0.1, 0.15) is 34.5 Å². The maximum Gasteiger partial charge on any atom is 0.315 e. The summed E-state index contributed by atoms with van der Waals surface area (Å²) in [5.41, 5.74) is 0.985. The van der Waals surface area contributed by atoms with E-state index in [1.807, 2.05) is 6.07 Å². The molecule has 6 nitrogen and oxygen atoms in total. The second-order valence-corrected chi connectivity index (χ2v) is 7.17. The molecule has 1 fully saturated rings. The first-order valence-corrected chi connectivity index (χ1v) is 9.22. The quantitative estimate of drug-likeness (QED) is 0.800. The summed E-state index contributed by atoms with van der Waals surface area (Å²) >= 11 is 0. The van der Waals surface area contributed by atoms with Crippen LogP contribution in [-0.2, 0) is 6.42 Å². The minimum Gasteiger partial charge on any atom is -0.489 e. The number of nitrogens with zero attached hydrogens (tertiary/aromatic N) is 3. The minimum atomic E-state index is -3.34. The number of carbonyl (C=O) groups excluding carboxylic acids is 1. The summed E-state index contributed by atoms with van der Waals surface area (Å²) in [4.78, 5) is 22.4. The van der Waals surface area contributed by atoms with E-state index in [1.54, 1.807) is 32.4 Å². The maximum absolute atomic E-state index is 13.7. The maximum atomic E-state index is 13.7. The molecule has 1 saturated heterocycles. The highest BCUT2D eigenvalue weighted by Crippen LogP contribution is 2.36. The predicted molar refractivity (Wildman–Crippen MR) is 98.6 cm³/mol. The number of halogens is 2. The molecule has 2 aliphatic rings. The summed E-state index contributed by atoms with van der Waals surface area (Å²) in [5.74, 6) is -2.57. The van der Waals surface area contributed by atoms with Crippen LogP contribution in [0, 0.1) is 6.92 Å². The number of hydrogen-bond donors (Lipinski definition) is 0. The fourth-order valence-corrected chi connectivity index (χ4v) is 3.71. The van der Waals surface area contributed by atoms with Gasteiger partial charge in [0.05, 0.1) is 25.4 Å². The third-order valence-electron chi connectivity index (χ3n) is 5.19. The molecule has 3 heterocycles. The average molecular weight is 389 g/mol. The summed E-state index contributed by atoms with van der Waals surface area (Å²) < 4.78 is 38.4. The van der Waals surface area contributed by atoms with Gasteiger partial charge in [-0.25, -0.2) is 9.97 Å². The van der Waals surface area contributed by atoms with Gasteiger partial charge in [-0.05, 0) is 24.6 Å². The Labute approximate surface area is 161 Å². The van der Waals surface area contributed by atoms with Crippen molar-refractivity contribution in [3.63, 3.8) is 0 Å². The Morgan fingerprint density at radius 3 is 2.64 bits per heavy atom. The molecule has 0 N–H and O–H groups in total. The van der Waals surface area contributed by atoms with E-state index in [0.717, 1.165) is 18.4 Å². The Hall–Kier alpha value is -2.77. The van der Waals surface area contributed by atoms with E-state index >= 15 is 0 Å².